The van der Waals surface area contributed by atoms with Gasteiger partial charge in [0.2, 0.25) is 0 Å². The number of ether oxygens (including phenoxy) is 1. The first-order chi connectivity index (χ1) is 11.9. The molecule has 0 heterocycles. The van der Waals surface area contributed by atoms with Crippen LogP contribution >= 0.6 is 0 Å². The predicted octanol–water partition coefficient (Wildman–Crippen LogP) is 4.31. The van der Waals surface area contributed by atoms with Crippen LogP contribution in [0.4, 0.5) is 11.4 Å². The lowest BCUT2D eigenvalue weighted by molar-refractivity contribution is 0.0499. The number of esters is 1. The van der Waals surface area contributed by atoms with Crippen LogP contribution in [0.1, 0.15) is 30.1 Å². The molecule has 0 fully saturated rings. The van der Waals surface area contributed by atoms with Crippen molar-refractivity contribution < 1.29 is 22.5 Å². The molecule has 0 radical (unpaired) electrons. The summed E-state index contributed by atoms with van der Waals surface area (Å²) in [6, 6.07) is 11.8. The highest BCUT2D eigenvalue weighted by atomic mass is 32.2. The molecule has 0 atom stereocenters. The monoisotopic (exact) mass is 362 g/mol. The van der Waals surface area contributed by atoms with Gasteiger partial charge in [0.05, 0.1) is 28.4 Å². The summed E-state index contributed by atoms with van der Waals surface area (Å²) in [5, 5.41) is 7.89. The predicted molar refractivity (Wildman–Crippen MR) is 92.1 cm³/mol. The Bertz CT molecular complexity index is 861. The molecule has 0 saturated carbocycles. The third-order valence-corrected chi connectivity index (χ3v) is 4.08. The van der Waals surface area contributed by atoms with Gasteiger partial charge in [-0.05, 0) is 48.9 Å². The molecule has 0 aromatic heterocycles. The normalized spacial score (nSPS) is 11.6. The number of hydrogen-bond acceptors (Lipinski definition) is 6. The van der Waals surface area contributed by atoms with Crippen molar-refractivity contribution in [3.8, 4) is 0 Å². The molecule has 0 bridgehead atoms. The molecule has 8 heteroatoms. The lowest BCUT2D eigenvalue weighted by Crippen LogP contribution is -2.05. The van der Waals surface area contributed by atoms with E-state index in [1.165, 1.54) is 18.2 Å². The molecule has 1 N–H and O–H groups in total. The van der Waals surface area contributed by atoms with E-state index in [0.717, 1.165) is 12.8 Å². The number of carbonyl (C=O) groups excluding carboxylic acids is 1. The zero-order chi connectivity index (χ0) is 18.3. The summed E-state index contributed by atoms with van der Waals surface area (Å²) in [7, 11) is -4.29. The number of carbonyl (C=O) groups is 1. The van der Waals surface area contributed by atoms with Crippen molar-refractivity contribution in [2.75, 3.05) is 6.61 Å². The number of azo groups is 1. The van der Waals surface area contributed by atoms with Crippen molar-refractivity contribution in [3.05, 3.63) is 54.1 Å². The minimum atomic E-state index is -4.29. The second-order valence-electron chi connectivity index (χ2n) is 5.21. The molecule has 0 aliphatic heterocycles. The van der Waals surface area contributed by atoms with Gasteiger partial charge >= 0.3 is 5.97 Å². The molecule has 2 aromatic rings. The number of nitrogens with zero attached hydrogens (tertiary/aromatic N) is 2. The van der Waals surface area contributed by atoms with E-state index in [9.17, 15) is 13.2 Å². The van der Waals surface area contributed by atoms with Crippen LogP contribution < -0.4 is 0 Å². The molecule has 0 saturated heterocycles. The second-order valence-corrected chi connectivity index (χ2v) is 6.63. The Morgan fingerprint density at radius 2 is 1.76 bits per heavy atom. The van der Waals surface area contributed by atoms with Gasteiger partial charge in [0.25, 0.3) is 10.1 Å². The Morgan fingerprint density at radius 3 is 2.40 bits per heavy atom. The Balaban J connectivity index is 2.06. The topological polar surface area (TPSA) is 105 Å². The van der Waals surface area contributed by atoms with Crippen molar-refractivity contribution in [3.63, 3.8) is 0 Å². The first kappa shape index (κ1) is 18.8. The van der Waals surface area contributed by atoms with Gasteiger partial charge in [-0.1, -0.05) is 19.4 Å². The number of benzene rings is 2. The van der Waals surface area contributed by atoms with E-state index in [4.69, 9.17) is 9.29 Å². The quantitative estimate of drug-likeness (QED) is 0.342. The fourth-order valence-corrected chi connectivity index (χ4v) is 2.40. The molecule has 0 spiro atoms. The van der Waals surface area contributed by atoms with E-state index in [-0.39, 0.29) is 10.6 Å². The minimum absolute atomic E-state index is 0.255. The summed E-state index contributed by atoms with van der Waals surface area (Å²) in [6.45, 7) is 2.40. The maximum Gasteiger partial charge on any atom is 0.338 e. The Hall–Kier alpha value is -2.58. The molecule has 25 heavy (non-hydrogen) atoms. The summed E-state index contributed by atoms with van der Waals surface area (Å²) in [6.07, 6.45) is 1.77. The third kappa shape index (κ3) is 5.77. The van der Waals surface area contributed by atoms with Gasteiger partial charge in [-0.25, -0.2) is 4.79 Å². The minimum Gasteiger partial charge on any atom is -0.462 e. The number of rotatable bonds is 7. The van der Waals surface area contributed by atoms with Gasteiger partial charge in [-0.3, -0.25) is 4.55 Å². The van der Waals surface area contributed by atoms with Gasteiger partial charge in [-0.15, -0.1) is 0 Å². The van der Waals surface area contributed by atoms with Crippen LogP contribution in [0.25, 0.3) is 0 Å². The summed E-state index contributed by atoms with van der Waals surface area (Å²) in [5.74, 6) is -0.391. The average molecular weight is 362 g/mol. The Kier molecular flexibility index (Phi) is 6.37. The highest BCUT2D eigenvalue weighted by Gasteiger charge is 2.09. The second kappa shape index (κ2) is 8.50. The largest absolute Gasteiger partial charge is 0.462 e. The third-order valence-electron chi connectivity index (χ3n) is 3.23. The number of unbranched alkanes of at least 4 members (excludes halogenated alkanes) is 1. The molecule has 7 nitrogen and oxygen atoms in total. The maximum absolute atomic E-state index is 11.8. The van der Waals surface area contributed by atoms with Gasteiger partial charge < -0.3 is 4.74 Å². The van der Waals surface area contributed by atoms with E-state index in [2.05, 4.69) is 10.2 Å². The fourth-order valence-electron chi connectivity index (χ4n) is 1.88. The standard InChI is InChI=1S/C17H18N2O5S/c1-2-3-11-24-17(20)13-7-9-14(10-8-13)18-19-15-5-4-6-16(12-15)25(21,22)23/h4-10,12H,2-3,11H2,1H3,(H,21,22,23)/b19-18+. The summed E-state index contributed by atoms with van der Waals surface area (Å²) in [4.78, 5) is 11.5. The highest BCUT2D eigenvalue weighted by molar-refractivity contribution is 7.85. The fraction of sp³-hybridized carbons (Fsp3) is 0.235. The van der Waals surface area contributed by atoms with Crippen LogP contribution in [0.15, 0.2) is 63.7 Å². The van der Waals surface area contributed by atoms with Crippen molar-refractivity contribution in [1.29, 1.82) is 0 Å². The van der Waals surface area contributed by atoms with Crippen molar-refractivity contribution in [2.45, 2.75) is 24.7 Å². The van der Waals surface area contributed by atoms with Gasteiger partial charge in [0.15, 0.2) is 0 Å². The first-order valence-corrected chi connectivity index (χ1v) is 9.10. The summed E-state index contributed by atoms with van der Waals surface area (Å²) >= 11 is 0. The van der Waals surface area contributed by atoms with Crippen molar-refractivity contribution in [2.24, 2.45) is 10.2 Å². The van der Waals surface area contributed by atoms with Crippen LogP contribution in [0.2, 0.25) is 0 Å². The van der Waals surface area contributed by atoms with Crippen molar-refractivity contribution in [1.82, 2.24) is 0 Å². The van der Waals surface area contributed by atoms with Crippen LogP contribution in [-0.2, 0) is 14.9 Å². The van der Waals surface area contributed by atoms with E-state index >= 15 is 0 Å². The summed E-state index contributed by atoms with van der Waals surface area (Å²) < 4.78 is 36.3. The van der Waals surface area contributed by atoms with Crippen LogP contribution in [0, 0.1) is 0 Å². The first-order valence-electron chi connectivity index (χ1n) is 7.66. The van der Waals surface area contributed by atoms with E-state index in [1.807, 2.05) is 6.92 Å². The van der Waals surface area contributed by atoms with Gasteiger partial charge in [-0.2, -0.15) is 18.6 Å². The van der Waals surface area contributed by atoms with Crippen LogP contribution in [0.3, 0.4) is 0 Å². The zero-order valence-corrected chi connectivity index (χ0v) is 14.4. The Labute approximate surface area is 146 Å². The highest BCUT2D eigenvalue weighted by Crippen LogP contribution is 2.21. The molecular formula is C17H18N2O5S. The zero-order valence-electron chi connectivity index (χ0n) is 13.6. The average Bonchev–Trinajstić information content (AvgIpc) is 2.60. The summed E-state index contributed by atoms with van der Waals surface area (Å²) in [5.41, 5.74) is 1.18. The molecule has 0 unspecified atom stereocenters. The smallest absolute Gasteiger partial charge is 0.338 e. The van der Waals surface area contributed by atoms with Gasteiger partial charge in [0.1, 0.15) is 0 Å². The Morgan fingerprint density at radius 1 is 1.08 bits per heavy atom. The maximum atomic E-state index is 11.8. The molecular weight excluding hydrogens is 344 g/mol. The van der Waals surface area contributed by atoms with Gasteiger partial charge in [0, 0.05) is 0 Å². The molecule has 0 aliphatic rings. The SMILES string of the molecule is CCCCOC(=O)c1ccc(/N=N/c2cccc(S(=O)(=O)O)c2)cc1. The molecule has 0 aliphatic carbocycles. The van der Waals surface area contributed by atoms with Crippen LogP contribution in [-0.4, -0.2) is 25.5 Å². The van der Waals surface area contributed by atoms with E-state index < -0.39 is 16.1 Å². The van der Waals surface area contributed by atoms with Crippen LogP contribution in [0.5, 0.6) is 0 Å². The number of hydrogen-bond donors (Lipinski definition) is 1. The molecule has 132 valence electrons. The van der Waals surface area contributed by atoms with E-state index in [1.54, 1.807) is 30.3 Å². The van der Waals surface area contributed by atoms with E-state index in [0.29, 0.717) is 17.9 Å². The molecule has 2 rings (SSSR count). The molecule has 2 aromatic carbocycles. The lowest BCUT2D eigenvalue weighted by Gasteiger charge is -2.03. The van der Waals surface area contributed by atoms with Crippen molar-refractivity contribution >= 4 is 27.5 Å². The molecule has 0 amide bonds. The lowest BCUT2D eigenvalue weighted by atomic mass is 10.2.